The van der Waals surface area contributed by atoms with Gasteiger partial charge < -0.3 is 9.52 Å². The van der Waals surface area contributed by atoms with Gasteiger partial charge in [0.2, 0.25) is 5.76 Å². The molecule has 0 bridgehead atoms. The van der Waals surface area contributed by atoms with E-state index in [4.69, 9.17) is 9.52 Å². The molecule has 4 nitrogen and oxygen atoms in total. The first-order valence-electron chi connectivity index (χ1n) is 7.29. The molecule has 0 radical (unpaired) electrons. The number of carbonyl (C=O) groups is 1. The average Bonchev–Trinajstić information content (AvgIpc) is 2.87. The minimum absolute atomic E-state index is 0.109. The number of hydrogen-bond acceptors (Lipinski definition) is 3. The van der Waals surface area contributed by atoms with E-state index < -0.39 is 5.97 Å². The zero-order chi connectivity index (χ0) is 13.2. The minimum atomic E-state index is -0.961. The van der Waals surface area contributed by atoms with Gasteiger partial charge in [-0.1, -0.05) is 12.8 Å². The normalized spacial score (nSPS) is 28.0. The van der Waals surface area contributed by atoms with Crippen LogP contribution in [-0.4, -0.2) is 28.6 Å². The third kappa shape index (κ3) is 2.54. The number of fused-ring (bicyclic) bond motifs is 1. The molecule has 1 aromatic heterocycles. The van der Waals surface area contributed by atoms with Crippen molar-refractivity contribution in [2.24, 2.45) is 5.92 Å². The Hall–Kier alpha value is -1.29. The van der Waals surface area contributed by atoms with E-state index >= 15 is 0 Å². The minimum Gasteiger partial charge on any atom is -0.475 e. The van der Waals surface area contributed by atoms with Crippen molar-refractivity contribution in [3.63, 3.8) is 0 Å². The molecule has 0 amide bonds. The number of aromatic carboxylic acids is 1. The number of carboxylic acid groups (broad SMARTS) is 1. The monoisotopic (exact) mass is 263 g/mol. The van der Waals surface area contributed by atoms with Crippen LogP contribution < -0.4 is 0 Å². The van der Waals surface area contributed by atoms with Gasteiger partial charge in [-0.3, -0.25) is 4.90 Å². The van der Waals surface area contributed by atoms with Crippen molar-refractivity contribution >= 4 is 5.97 Å². The second-order valence-corrected chi connectivity index (χ2v) is 5.80. The van der Waals surface area contributed by atoms with E-state index in [1.165, 1.54) is 44.8 Å². The molecule has 1 aromatic rings. The molecule has 2 aliphatic rings. The zero-order valence-electron chi connectivity index (χ0n) is 11.2. The maximum atomic E-state index is 11.1. The van der Waals surface area contributed by atoms with Crippen molar-refractivity contribution in [1.82, 2.24) is 4.90 Å². The highest BCUT2D eigenvalue weighted by Gasteiger charge is 2.33. The maximum absolute atomic E-state index is 11.1. The van der Waals surface area contributed by atoms with Crippen LogP contribution in [0.5, 0.6) is 0 Å². The van der Waals surface area contributed by atoms with E-state index in [2.05, 4.69) is 4.90 Å². The summed E-state index contributed by atoms with van der Waals surface area (Å²) in [6, 6.07) is 2.45. The van der Waals surface area contributed by atoms with Gasteiger partial charge in [0.05, 0.1) is 6.26 Å². The highest BCUT2D eigenvalue weighted by atomic mass is 16.4. The van der Waals surface area contributed by atoms with Gasteiger partial charge in [-0.05, 0) is 44.2 Å². The lowest BCUT2D eigenvalue weighted by atomic mass is 9.78. The number of rotatable bonds is 3. The first kappa shape index (κ1) is 12.7. The summed E-state index contributed by atoms with van der Waals surface area (Å²) in [5, 5.41) is 9.10. The molecule has 3 rings (SSSR count). The van der Waals surface area contributed by atoms with Gasteiger partial charge >= 0.3 is 5.97 Å². The molecule has 0 spiro atoms. The fourth-order valence-corrected chi connectivity index (χ4v) is 3.79. The lowest BCUT2D eigenvalue weighted by Crippen LogP contribution is -2.46. The summed E-state index contributed by atoms with van der Waals surface area (Å²) in [7, 11) is 0. The van der Waals surface area contributed by atoms with Crippen molar-refractivity contribution in [2.45, 2.75) is 51.1 Å². The molecule has 1 aliphatic carbocycles. The van der Waals surface area contributed by atoms with Crippen molar-refractivity contribution < 1.29 is 14.3 Å². The van der Waals surface area contributed by atoms with E-state index in [0.29, 0.717) is 6.04 Å². The van der Waals surface area contributed by atoms with Crippen LogP contribution in [0.3, 0.4) is 0 Å². The molecular formula is C15H21NO3. The van der Waals surface area contributed by atoms with E-state index in [1.54, 1.807) is 6.07 Å². The second kappa shape index (κ2) is 5.37. The van der Waals surface area contributed by atoms with Gasteiger partial charge in [-0.15, -0.1) is 0 Å². The summed E-state index contributed by atoms with van der Waals surface area (Å²) in [5.74, 6) is -0.0298. The molecule has 0 aromatic carbocycles. The second-order valence-electron chi connectivity index (χ2n) is 5.80. The van der Waals surface area contributed by atoms with Crippen LogP contribution in [0.25, 0.3) is 0 Å². The third-order valence-corrected chi connectivity index (χ3v) is 4.67. The van der Waals surface area contributed by atoms with E-state index in [0.717, 1.165) is 24.6 Å². The lowest BCUT2D eigenvalue weighted by molar-refractivity contribution is 0.0527. The predicted molar refractivity (Wildman–Crippen MR) is 71.1 cm³/mol. The quantitative estimate of drug-likeness (QED) is 0.910. The first-order valence-corrected chi connectivity index (χ1v) is 7.29. The molecule has 1 saturated heterocycles. The van der Waals surface area contributed by atoms with Crippen molar-refractivity contribution in [3.8, 4) is 0 Å². The molecule has 2 fully saturated rings. The lowest BCUT2D eigenvalue weighted by Gasteiger charge is -2.44. The number of piperidine rings is 1. The van der Waals surface area contributed by atoms with Crippen molar-refractivity contribution in [2.75, 3.05) is 6.54 Å². The van der Waals surface area contributed by atoms with Crippen LogP contribution >= 0.6 is 0 Å². The standard InChI is InChI=1S/C15H21NO3/c17-15(18)14-12(7-9-19-14)10-16-8-3-5-11-4-1-2-6-13(11)16/h7,9,11,13H,1-6,8,10H2,(H,17,18). The summed E-state index contributed by atoms with van der Waals surface area (Å²) in [6.45, 7) is 1.81. The largest absolute Gasteiger partial charge is 0.475 e. The smallest absolute Gasteiger partial charge is 0.372 e. The average molecular weight is 263 g/mol. The number of nitrogens with zero attached hydrogens (tertiary/aromatic N) is 1. The Morgan fingerprint density at radius 1 is 1.32 bits per heavy atom. The van der Waals surface area contributed by atoms with Gasteiger partial charge in [-0.25, -0.2) is 4.79 Å². The van der Waals surface area contributed by atoms with E-state index in [1.807, 2.05) is 0 Å². The molecule has 1 aliphatic heterocycles. The molecule has 19 heavy (non-hydrogen) atoms. The van der Waals surface area contributed by atoms with Crippen LogP contribution in [0.4, 0.5) is 0 Å². The Bertz CT molecular complexity index is 452. The fraction of sp³-hybridized carbons (Fsp3) is 0.667. The number of furan rings is 1. The maximum Gasteiger partial charge on any atom is 0.372 e. The van der Waals surface area contributed by atoms with Crippen LogP contribution in [0.1, 0.15) is 54.6 Å². The molecule has 1 saturated carbocycles. The van der Waals surface area contributed by atoms with Gasteiger partial charge in [0, 0.05) is 18.2 Å². The Labute approximate surface area is 113 Å². The molecule has 4 heteroatoms. The Morgan fingerprint density at radius 3 is 2.95 bits per heavy atom. The predicted octanol–water partition coefficient (Wildman–Crippen LogP) is 3.13. The van der Waals surface area contributed by atoms with Crippen LogP contribution in [0, 0.1) is 5.92 Å². The summed E-state index contributed by atoms with van der Waals surface area (Å²) in [6.07, 6.45) is 9.36. The van der Waals surface area contributed by atoms with Crippen LogP contribution in [0.2, 0.25) is 0 Å². The van der Waals surface area contributed by atoms with Gasteiger partial charge in [0.1, 0.15) is 0 Å². The summed E-state index contributed by atoms with van der Waals surface area (Å²) < 4.78 is 5.08. The highest BCUT2D eigenvalue weighted by Crippen LogP contribution is 2.36. The summed E-state index contributed by atoms with van der Waals surface area (Å²) >= 11 is 0. The SMILES string of the molecule is O=C(O)c1occc1CN1CCCC2CCCCC21. The summed E-state index contributed by atoms with van der Waals surface area (Å²) in [4.78, 5) is 13.6. The van der Waals surface area contributed by atoms with E-state index in [9.17, 15) is 4.79 Å². The van der Waals surface area contributed by atoms with Gasteiger partial charge in [0.15, 0.2) is 0 Å². The zero-order valence-corrected chi connectivity index (χ0v) is 11.2. The Balaban J connectivity index is 1.74. The third-order valence-electron chi connectivity index (χ3n) is 4.67. The van der Waals surface area contributed by atoms with Gasteiger partial charge in [0.25, 0.3) is 0 Å². The molecular weight excluding hydrogens is 242 g/mol. The topological polar surface area (TPSA) is 53.7 Å². The number of hydrogen-bond donors (Lipinski definition) is 1. The molecule has 2 heterocycles. The highest BCUT2D eigenvalue weighted by molar-refractivity contribution is 5.86. The molecule has 104 valence electrons. The molecule has 2 atom stereocenters. The summed E-state index contributed by atoms with van der Waals surface area (Å²) in [5.41, 5.74) is 0.818. The Morgan fingerprint density at radius 2 is 2.11 bits per heavy atom. The van der Waals surface area contributed by atoms with Gasteiger partial charge in [-0.2, -0.15) is 0 Å². The molecule has 1 N–H and O–H groups in total. The first-order chi connectivity index (χ1) is 9.25. The van der Waals surface area contributed by atoms with Crippen molar-refractivity contribution in [3.05, 3.63) is 23.7 Å². The number of likely N-dealkylation sites (tertiary alicyclic amines) is 1. The van der Waals surface area contributed by atoms with Crippen molar-refractivity contribution in [1.29, 1.82) is 0 Å². The van der Waals surface area contributed by atoms with E-state index in [-0.39, 0.29) is 5.76 Å². The Kier molecular flexibility index (Phi) is 3.60. The van der Waals surface area contributed by atoms with Crippen LogP contribution in [-0.2, 0) is 6.54 Å². The number of carboxylic acids is 1. The van der Waals surface area contributed by atoms with Crippen LogP contribution in [0.15, 0.2) is 16.7 Å². The molecule has 2 unspecified atom stereocenters. The fourth-order valence-electron chi connectivity index (χ4n) is 3.79.